The number of imidazole rings is 1. The summed E-state index contributed by atoms with van der Waals surface area (Å²) in [4.78, 5) is 4.30. The monoisotopic (exact) mass is 220 g/mol. The van der Waals surface area contributed by atoms with E-state index in [0.29, 0.717) is 17.4 Å². The van der Waals surface area contributed by atoms with Gasteiger partial charge in [0.2, 0.25) is 0 Å². The second-order valence-corrected chi connectivity index (χ2v) is 4.48. The number of hydrogen-bond acceptors (Lipinski definition) is 3. The predicted octanol–water partition coefficient (Wildman–Crippen LogP) is 2.34. The number of hydrogen-bond donors (Lipinski definition) is 1. The van der Waals surface area contributed by atoms with Crippen molar-refractivity contribution in [3.63, 3.8) is 0 Å². The van der Waals surface area contributed by atoms with E-state index in [1.54, 1.807) is 0 Å². The SMILES string of the molecule is CCCCc1nc(C#N)c(N)n1CC(C)C. The Labute approximate surface area is 97.1 Å². The maximum absolute atomic E-state index is 8.91. The number of nitriles is 1. The van der Waals surface area contributed by atoms with Crippen molar-refractivity contribution in [2.24, 2.45) is 5.92 Å². The van der Waals surface area contributed by atoms with E-state index in [1.165, 1.54) is 0 Å². The lowest BCUT2D eigenvalue weighted by Gasteiger charge is -2.11. The Hall–Kier alpha value is -1.50. The molecule has 0 saturated carbocycles. The largest absolute Gasteiger partial charge is 0.383 e. The van der Waals surface area contributed by atoms with Crippen LogP contribution in [0.2, 0.25) is 0 Å². The molecule has 0 aliphatic carbocycles. The van der Waals surface area contributed by atoms with E-state index in [0.717, 1.165) is 31.6 Å². The number of anilines is 1. The summed E-state index contributed by atoms with van der Waals surface area (Å²) in [6.45, 7) is 7.24. The summed E-state index contributed by atoms with van der Waals surface area (Å²) in [6, 6.07) is 2.05. The minimum atomic E-state index is 0.367. The van der Waals surface area contributed by atoms with Crippen molar-refractivity contribution in [2.45, 2.75) is 46.6 Å². The van der Waals surface area contributed by atoms with Crippen LogP contribution in [0.1, 0.15) is 45.1 Å². The van der Waals surface area contributed by atoms with Gasteiger partial charge in [-0.05, 0) is 12.3 Å². The Morgan fingerprint density at radius 2 is 2.19 bits per heavy atom. The molecule has 1 rings (SSSR count). The molecule has 4 nitrogen and oxygen atoms in total. The quantitative estimate of drug-likeness (QED) is 0.828. The molecule has 0 aliphatic rings. The molecule has 0 aromatic carbocycles. The summed E-state index contributed by atoms with van der Waals surface area (Å²) in [7, 11) is 0. The van der Waals surface area contributed by atoms with E-state index in [1.807, 2.05) is 10.6 Å². The van der Waals surface area contributed by atoms with E-state index in [4.69, 9.17) is 11.0 Å². The molecule has 1 heterocycles. The Bertz CT molecular complexity index is 384. The predicted molar refractivity (Wildman–Crippen MR) is 64.8 cm³/mol. The van der Waals surface area contributed by atoms with E-state index >= 15 is 0 Å². The van der Waals surface area contributed by atoms with Gasteiger partial charge in [0.1, 0.15) is 17.7 Å². The first-order valence-electron chi connectivity index (χ1n) is 5.85. The lowest BCUT2D eigenvalue weighted by Crippen LogP contribution is -2.11. The van der Waals surface area contributed by atoms with Crippen LogP contribution >= 0.6 is 0 Å². The van der Waals surface area contributed by atoms with Crippen LogP contribution in [-0.2, 0) is 13.0 Å². The fourth-order valence-electron chi connectivity index (χ4n) is 1.69. The number of unbranched alkanes of at least 4 members (excludes halogenated alkanes) is 1. The molecule has 88 valence electrons. The highest BCUT2D eigenvalue weighted by Gasteiger charge is 2.14. The molecule has 0 spiro atoms. The second-order valence-electron chi connectivity index (χ2n) is 4.48. The summed E-state index contributed by atoms with van der Waals surface area (Å²) >= 11 is 0. The molecule has 0 unspecified atom stereocenters. The van der Waals surface area contributed by atoms with Crippen molar-refractivity contribution < 1.29 is 0 Å². The molecule has 0 fully saturated rings. The number of aryl methyl sites for hydroxylation is 1. The number of rotatable bonds is 5. The first-order valence-corrected chi connectivity index (χ1v) is 5.85. The summed E-state index contributed by atoms with van der Waals surface area (Å²) in [5.41, 5.74) is 6.28. The zero-order valence-electron chi connectivity index (χ0n) is 10.3. The van der Waals surface area contributed by atoms with Crippen LogP contribution in [0.3, 0.4) is 0 Å². The molecule has 1 aromatic heterocycles. The van der Waals surface area contributed by atoms with Crippen LogP contribution in [0, 0.1) is 17.2 Å². The highest BCUT2D eigenvalue weighted by atomic mass is 15.1. The number of nitrogen functional groups attached to an aromatic ring is 1. The van der Waals surface area contributed by atoms with Gasteiger partial charge in [-0.25, -0.2) is 4.98 Å². The van der Waals surface area contributed by atoms with Crippen molar-refractivity contribution in [3.05, 3.63) is 11.5 Å². The van der Waals surface area contributed by atoms with Gasteiger partial charge in [-0.1, -0.05) is 27.2 Å². The van der Waals surface area contributed by atoms with Gasteiger partial charge in [0.25, 0.3) is 0 Å². The highest BCUT2D eigenvalue weighted by Crippen LogP contribution is 2.17. The van der Waals surface area contributed by atoms with Crippen molar-refractivity contribution in [1.29, 1.82) is 5.26 Å². The molecular formula is C12H20N4. The first kappa shape index (κ1) is 12.6. The zero-order valence-corrected chi connectivity index (χ0v) is 10.3. The molecule has 1 aromatic rings. The Morgan fingerprint density at radius 3 is 2.69 bits per heavy atom. The normalized spacial score (nSPS) is 10.7. The van der Waals surface area contributed by atoms with Crippen molar-refractivity contribution >= 4 is 5.82 Å². The van der Waals surface area contributed by atoms with E-state index in [9.17, 15) is 0 Å². The Kier molecular flexibility index (Phi) is 4.36. The smallest absolute Gasteiger partial charge is 0.182 e. The molecule has 0 bridgehead atoms. The Morgan fingerprint density at radius 1 is 1.50 bits per heavy atom. The van der Waals surface area contributed by atoms with Gasteiger partial charge in [-0.2, -0.15) is 5.26 Å². The molecule has 0 amide bonds. The summed E-state index contributed by atoms with van der Waals surface area (Å²) in [5.74, 6) is 1.97. The molecule has 0 radical (unpaired) electrons. The van der Waals surface area contributed by atoms with Crippen molar-refractivity contribution in [2.75, 3.05) is 5.73 Å². The first-order chi connectivity index (χ1) is 7.60. The van der Waals surface area contributed by atoms with E-state index in [-0.39, 0.29) is 0 Å². The Balaban J connectivity index is 3.00. The maximum Gasteiger partial charge on any atom is 0.182 e. The van der Waals surface area contributed by atoms with Gasteiger partial charge < -0.3 is 10.3 Å². The molecule has 0 atom stereocenters. The van der Waals surface area contributed by atoms with Gasteiger partial charge in [0.15, 0.2) is 5.69 Å². The highest BCUT2D eigenvalue weighted by molar-refractivity contribution is 5.46. The van der Waals surface area contributed by atoms with Crippen LogP contribution in [0.15, 0.2) is 0 Å². The topological polar surface area (TPSA) is 67.6 Å². The van der Waals surface area contributed by atoms with E-state index < -0.39 is 0 Å². The van der Waals surface area contributed by atoms with Gasteiger partial charge in [-0.15, -0.1) is 0 Å². The van der Waals surface area contributed by atoms with Crippen LogP contribution in [0.5, 0.6) is 0 Å². The van der Waals surface area contributed by atoms with Gasteiger partial charge in [0.05, 0.1) is 0 Å². The molecule has 0 aliphatic heterocycles. The van der Waals surface area contributed by atoms with Crippen LogP contribution in [0.25, 0.3) is 0 Å². The van der Waals surface area contributed by atoms with Crippen LogP contribution in [0.4, 0.5) is 5.82 Å². The maximum atomic E-state index is 8.91. The third-order valence-corrected chi connectivity index (χ3v) is 2.49. The fourth-order valence-corrected chi connectivity index (χ4v) is 1.69. The third kappa shape index (κ3) is 2.75. The molecule has 2 N–H and O–H groups in total. The van der Waals surface area contributed by atoms with Crippen molar-refractivity contribution in [3.8, 4) is 6.07 Å². The number of nitrogens with two attached hydrogens (primary N) is 1. The lowest BCUT2D eigenvalue weighted by molar-refractivity contribution is 0.507. The van der Waals surface area contributed by atoms with Gasteiger partial charge >= 0.3 is 0 Å². The fraction of sp³-hybridized carbons (Fsp3) is 0.667. The van der Waals surface area contributed by atoms with Gasteiger partial charge in [0, 0.05) is 13.0 Å². The lowest BCUT2D eigenvalue weighted by atomic mass is 10.2. The molecule has 4 heteroatoms. The van der Waals surface area contributed by atoms with Crippen LogP contribution < -0.4 is 5.73 Å². The minimum Gasteiger partial charge on any atom is -0.383 e. The molecular weight excluding hydrogens is 200 g/mol. The third-order valence-electron chi connectivity index (χ3n) is 2.49. The summed E-state index contributed by atoms with van der Waals surface area (Å²) < 4.78 is 1.98. The molecule has 0 saturated heterocycles. The van der Waals surface area contributed by atoms with E-state index in [2.05, 4.69) is 25.8 Å². The summed E-state index contributed by atoms with van der Waals surface area (Å²) in [6.07, 6.45) is 3.10. The molecule has 16 heavy (non-hydrogen) atoms. The standard InChI is InChI=1S/C12H20N4/c1-4-5-6-11-15-10(7-13)12(14)16(11)8-9(2)3/h9H,4-6,8,14H2,1-3H3. The average molecular weight is 220 g/mol. The number of nitrogens with zero attached hydrogens (tertiary/aromatic N) is 3. The van der Waals surface area contributed by atoms with Crippen molar-refractivity contribution in [1.82, 2.24) is 9.55 Å². The minimum absolute atomic E-state index is 0.367. The summed E-state index contributed by atoms with van der Waals surface area (Å²) in [5, 5.41) is 8.91. The van der Waals surface area contributed by atoms with Gasteiger partial charge in [-0.3, -0.25) is 0 Å². The number of aromatic nitrogens is 2. The second kappa shape index (κ2) is 5.55. The zero-order chi connectivity index (χ0) is 12.1. The van der Waals surface area contributed by atoms with Crippen LogP contribution in [-0.4, -0.2) is 9.55 Å². The average Bonchev–Trinajstić information content (AvgIpc) is 2.53.